The van der Waals surface area contributed by atoms with E-state index < -0.39 is 11.6 Å². The molecular formula is C19H20F2O. The van der Waals surface area contributed by atoms with Crippen LogP contribution in [0.4, 0.5) is 8.78 Å². The van der Waals surface area contributed by atoms with Gasteiger partial charge in [0.05, 0.1) is 12.7 Å². The summed E-state index contributed by atoms with van der Waals surface area (Å²) in [6.07, 6.45) is 2.50. The van der Waals surface area contributed by atoms with E-state index in [1.54, 1.807) is 19.1 Å². The zero-order chi connectivity index (χ0) is 15.7. The maximum Gasteiger partial charge on any atom is 0.166 e. The smallest absolute Gasteiger partial charge is 0.166 e. The fourth-order valence-corrected chi connectivity index (χ4v) is 2.95. The van der Waals surface area contributed by atoms with E-state index in [0.717, 1.165) is 19.4 Å². The second kappa shape index (κ2) is 6.17. The second-order valence-electron chi connectivity index (χ2n) is 6.10. The van der Waals surface area contributed by atoms with Gasteiger partial charge in [-0.3, -0.25) is 0 Å². The highest BCUT2D eigenvalue weighted by Crippen LogP contribution is 2.31. The molecule has 0 aromatic heterocycles. The van der Waals surface area contributed by atoms with Gasteiger partial charge in [0.1, 0.15) is 0 Å². The molecule has 0 bridgehead atoms. The maximum atomic E-state index is 14.1. The van der Waals surface area contributed by atoms with Crippen molar-refractivity contribution in [3.05, 3.63) is 59.2 Å². The Labute approximate surface area is 129 Å². The minimum Gasteiger partial charge on any atom is -0.378 e. The molecule has 1 fully saturated rings. The van der Waals surface area contributed by atoms with Crippen molar-refractivity contribution >= 4 is 0 Å². The summed E-state index contributed by atoms with van der Waals surface area (Å²) in [5.74, 6) is -1.15. The van der Waals surface area contributed by atoms with Crippen molar-refractivity contribution < 1.29 is 13.5 Å². The third-order valence-electron chi connectivity index (χ3n) is 4.47. The normalized spacial score (nSPS) is 21.8. The Kier molecular flexibility index (Phi) is 4.25. The van der Waals surface area contributed by atoms with E-state index in [9.17, 15) is 8.78 Å². The van der Waals surface area contributed by atoms with Crippen LogP contribution in [0.2, 0.25) is 0 Å². The highest BCUT2D eigenvalue weighted by molar-refractivity contribution is 5.65. The highest BCUT2D eigenvalue weighted by Gasteiger charge is 2.20. The van der Waals surface area contributed by atoms with E-state index in [2.05, 4.69) is 6.92 Å². The van der Waals surface area contributed by atoms with Crippen LogP contribution < -0.4 is 0 Å². The molecule has 1 saturated heterocycles. The number of rotatable bonds is 2. The summed E-state index contributed by atoms with van der Waals surface area (Å²) in [5, 5.41) is 0. The molecule has 2 unspecified atom stereocenters. The zero-order valence-electron chi connectivity index (χ0n) is 12.9. The van der Waals surface area contributed by atoms with Gasteiger partial charge in [-0.2, -0.15) is 0 Å². The minimum atomic E-state index is -0.775. The largest absolute Gasteiger partial charge is 0.378 e. The van der Waals surface area contributed by atoms with Gasteiger partial charge >= 0.3 is 0 Å². The maximum absolute atomic E-state index is 14.1. The summed E-state index contributed by atoms with van der Waals surface area (Å²) in [7, 11) is 0. The van der Waals surface area contributed by atoms with E-state index in [-0.39, 0.29) is 0 Å². The van der Waals surface area contributed by atoms with E-state index >= 15 is 0 Å². The average Bonchev–Trinajstić information content (AvgIpc) is 2.54. The molecule has 3 heteroatoms. The monoisotopic (exact) mass is 302 g/mol. The molecule has 0 radical (unpaired) electrons. The lowest BCUT2D eigenvalue weighted by Crippen LogP contribution is -2.22. The minimum absolute atomic E-state index is 0.308. The van der Waals surface area contributed by atoms with Crippen LogP contribution in [0.3, 0.4) is 0 Å². The number of halogens is 2. The van der Waals surface area contributed by atoms with Crippen LogP contribution >= 0.6 is 0 Å². The van der Waals surface area contributed by atoms with Crippen molar-refractivity contribution in [1.82, 2.24) is 0 Å². The molecule has 1 nitrogen and oxygen atoms in total. The van der Waals surface area contributed by atoms with Crippen LogP contribution in [0, 0.1) is 18.6 Å². The lowest BCUT2D eigenvalue weighted by Gasteiger charge is -2.27. The molecule has 2 aromatic carbocycles. The summed E-state index contributed by atoms with van der Waals surface area (Å²) >= 11 is 0. The highest BCUT2D eigenvalue weighted by atomic mass is 19.2. The fraction of sp³-hybridized carbons (Fsp3) is 0.368. The van der Waals surface area contributed by atoms with Gasteiger partial charge in [-0.1, -0.05) is 36.4 Å². The van der Waals surface area contributed by atoms with Crippen LogP contribution in [0.1, 0.15) is 36.8 Å². The second-order valence-corrected chi connectivity index (χ2v) is 6.10. The molecule has 2 atom stereocenters. The number of hydrogen-bond donors (Lipinski definition) is 0. The zero-order valence-corrected chi connectivity index (χ0v) is 12.9. The SMILES string of the molecule is Cc1ccc(-c2ccc(C3CCC(C)OC3)cc2)c(F)c1F. The molecule has 0 aliphatic carbocycles. The first-order chi connectivity index (χ1) is 10.6. The first-order valence-corrected chi connectivity index (χ1v) is 7.73. The van der Waals surface area contributed by atoms with Crippen molar-refractivity contribution in [2.45, 2.75) is 38.7 Å². The quantitative estimate of drug-likeness (QED) is 0.738. The third-order valence-corrected chi connectivity index (χ3v) is 4.47. The van der Waals surface area contributed by atoms with Gasteiger partial charge in [0.15, 0.2) is 11.6 Å². The van der Waals surface area contributed by atoms with Gasteiger partial charge in [-0.15, -0.1) is 0 Å². The van der Waals surface area contributed by atoms with E-state index in [4.69, 9.17) is 4.74 Å². The average molecular weight is 302 g/mol. The molecule has 22 heavy (non-hydrogen) atoms. The molecule has 3 rings (SSSR count). The molecule has 0 amide bonds. The predicted octanol–water partition coefficient (Wildman–Crippen LogP) is 5.22. The van der Waals surface area contributed by atoms with Gasteiger partial charge in [0.25, 0.3) is 0 Å². The topological polar surface area (TPSA) is 9.23 Å². The molecule has 0 N–H and O–H groups in total. The standard InChI is InChI=1S/C19H20F2O/c1-12-3-10-17(19(21)18(12)20)15-8-6-14(7-9-15)16-5-4-13(2)22-11-16/h3,6-10,13,16H,4-5,11H2,1-2H3. The number of benzene rings is 2. The molecule has 0 spiro atoms. The Bertz CT molecular complexity index is 656. The first-order valence-electron chi connectivity index (χ1n) is 7.73. The Morgan fingerprint density at radius 1 is 0.955 bits per heavy atom. The number of aryl methyl sites for hydroxylation is 1. The van der Waals surface area contributed by atoms with E-state index in [1.165, 1.54) is 5.56 Å². The Balaban J connectivity index is 1.84. The number of ether oxygens (including phenoxy) is 1. The molecule has 2 aromatic rings. The van der Waals surface area contributed by atoms with Crippen LogP contribution in [0.15, 0.2) is 36.4 Å². The molecule has 1 aliphatic heterocycles. The van der Waals surface area contributed by atoms with Crippen LogP contribution in [-0.4, -0.2) is 12.7 Å². The molecule has 116 valence electrons. The van der Waals surface area contributed by atoms with Crippen molar-refractivity contribution in [3.8, 4) is 11.1 Å². The van der Waals surface area contributed by atoms with Gasteiger partial charge in [0, 0.05) is 11.5 Å². The Hall–Kier alpha value is -1.74. The number of hydrogen-bond acceptors (Lipinski definition) is 1. The lowest BCUT2D eigenvalue weighted by molar-refractivity contribution is 0.0155. The lowest BCUT2D eigenvalue weighted by atomic mass is 9.90. The van der Waals surface area contributed by atoms with Gasteiger partial charge in [-0.25, -0.2) is 8.78 Å². The van der Waals surface area contributed by atoms with Crippen molar-refractivity contribution in [3.63, 3.8) is 0 Å². The van der Waals surface area contributed by atoms with Crippen molar-refractivity contribution in [2.75, 3.05) is 6.61 Å². The summed E-state index contributed by atoms with van der Waals surface area (Å²) in [4.78, 5) is 0. The molecule has 1 aliphatic rings. The predicted molar refractivity (Wildman–Crippen MR) is 83.9 cm³/mol. The van der Waals surface area contributed by atoms with Crippen LogP contribution in [0.25, 0.3) is 11.1 Å². The van der Waals surface area contributed by atoms with Crippen molar-refractivity contribution in [2.24, 2.45) is 0 Å². The van der Waals surface area contributed by atoms with Crippen LogP contribution in [-0.2, 0) is 4.74 Å². The van der Waals surface area contributed by atoms with Crippen molar-refractivity contribution in [1.29, 1.82) is 0 Å². The molecule has 0 saturated carbocycles. The Morgan fingerprint density at radius 3 is 2.32 bits per heavy atom. The van der Waals surface area contributed by atoms with Gasteiger partial charge < -0.3 is 4.74 Å². The summed E-state index contributed by atoms with van der Waals surface area (Å²) in [6, 6.07) is 11.0. The van der Waals surface area contributed by atoms with E-state index in [0.29, 0.717) is 28.7 Å². The van der Waals surface area contributed by atoms with Gasteiger partial charge in [-0.05, 0) is 43.4 Å². The molecular weight excluding hydrogens is 282 g/mol. The first kappa shape index (κ1) is 15.2. The summed E-state index contributed by atoms with van der Waals surface area (Å²) in [5.41, 5.74) is 2.53. The van der Waals surface area contributed by atoms with Gasteiger partial charge in [0.2, 0.25) is 0 Å². The Morgan fingerprint density at radius 2 is 1.68 bits per heavy atom. The van der Waals surface area contributed by atoms with E-state index in [1.807, 2.05) is 24.3 Å². The fourth-order valence-electron chi connectivity index (χ4n) is 2.95. The third kappa shape index (κ3) is 2.91. The summed E-state index contributed by atoms with van der Waals surface area (Å²) < 4.78 is 33.4. The summed E-state index contributed by atoms with van der Waals surface area (Å²) in [6.45, 7) is 4.39. The molecule has 1 heterocycles. The van der Waals surface area contributed by atoms with Crippen LogP contribution in [0.5, 0.6) is 0 Å².